The quantitative estimate of drug-likeness (QED) is 0.790. The molecule has 1 amide bonds. The third-order valence-electron chi connectivity index (χ3n) is 3.08. The molecule has 6 nitrogen and oxygen atoms in total. The Hall–Kier alpha value is -1.90. The summed E-state index contributed by atoms with van der Waals surface area (Å²) < 4.78 is 31.3. The predicted octanol–water partition coefficient (Wildman–Crippen LogP) is 2.72. The van der Waals surface area contributed by atoms with Crippen LogP contribution in [0.1, 0.15) is 0 Å². The fraction of sp³-hybridized carbons (Fsp3) is 0.188. The van der Waals surface area contributed by atoms with E-state index in [2.05, 4.69) is 21.2 Å². The van der Waals surface area contributed by atoms with Crippen LogP contribution in [0.4, 0.5) is 5.69 Å². The molecule has 0 radical (unpaired) electrons. The number of carbonyl (C=O) groups excluding carboxylic acids is 1. The van der Waals surface area contributed by atoms with Gasteiger partial charge in [0.1, 0.15) is 5.75 Å². The summed E-state index contributed by atoms with van der Waals surface area (Å²) in [6.07, 6.45) is 0. The Kier molecular flexibility index (Phi) is 5.98. The van der Waals surface area contributed by atoms with Crippen molar-refractivity contribution in [1.29, 1.82) is 0 Å². The van der Waals surface area contributed by atoms with E-state index >= 15 is 0 Å². The molecule has 0 aliphatic heterocycles. The van der Waals surface area contributed by atoms with Crippen LogP contribution in [0.2, 0.25) is 0 Å². The number of benzene rings is 2. The van der Waals surface area contributed by atoms with Gasteiger partial charge in [-0.3, -0.25) is 4.79 Å². The molecule has 0 atom stereocenters. The molecular formula is C16H17BrN2O4S. The maximum atomic E-state index is 12.0. The molecule has 1 N–H and O–H groups in total. The van der Waals surface area contributed by atoms with Crippen molar-refractivity contribution in [2.75, 3.05) is 26.0 Å². The summed E-state index contributed by atoms with van der Waals surface area (Å²) in [6, 6.07) is 13.1. The monoisotopic (exact) mass is 412 g/mol. The van der Waals surface area contributed by atoms with Gasteiger partial charge in [0, 0.05) is 24.3 Å². The molecule has 8 heteroatoms. The summed E-state index contributed by atoms with van der Waals surface area (Å²) in [5.41, 5.74) is 0.658. The first-order chi connectivity index (χ1) is 11.3. The number of ether oxygens (including phenoxy) is 1. The van der Waals surface area contributed by atoms with E-state index in [4.69, 9.17) is 4.74 Å². The van der Waals surface area contributed by atoms with E-state index in [0.29, 0.717) is 11.4 Å². The van der Waals surface area contributed by atoms with Gasteiger partial charge in [0.2, 0.25) is 10.0 Å². The molecule has 24 heavy (non-hydrogen) atoms. The van der Waals surface area contributed by atoms with Crippen LogP contribution in [0, 0.1) is 0 Å². The maximum absolute atomic E-state index is 12.0. The van der Waals surface area contributed by atoms with Crippen LogP contribution in [0.15, 0.2) is 57.9 Å². The van der Waals surface area contributed by atoms with Crippen molar-refractivity contribution in [3.8, 4) is 5.75 Å². The van der Waals surface area contributed by atoms with Crippen LogP contribution >= 0.6 is 15.9 Å². The molecule has 0 saturated carbocycles. The van der Waals surface area contributed by atoms with E-state index in [9.17, 15) is 13.2 Å². The van der Waals surface area contributed by atoms with Crippen molar-refractivity contribution < 1.29 is 17.9 Å². The minimum atomic E-state index is -3.48. The summed E-state index contributed by atoms with van der Waals surface area (Å²) in [4.78, 5) is 12.0. The average molecular weight is 413 g/mol. The first-order valence-electron chi connectivity index (χ1n) is 7.00. The summed E-state index contributed by atoms with van der Waals surface area (Å²) in [5.74, 6) is 0.107. The fourth-order valence-electron chi connectivity index (χ4n) is 1.83. The van der Waals surface area contributed by atoms with Crippen LogP contribution in [0.5, 0.6) is 5.75 Å². The Morgan fingerprint density at radius 1 is 1.17 bits per heavy atom. The minimum Gasteiger partial charge on any atom is -0.484 e. The number of anilines is 1. The lowest BCUT2D eigenvalue weighted by molar-refractivity contribution is -0.118. The van der Waals surface area contributed by atoms with Gasteiger partial charge in [0.05, 0.1) is 4.90 Å². The zero-order valence-corrected chi connectivity index (χ0v) is 15.6. The van der Waals surface area contributed by atoms with E-state index in [1.54, 1.807) is 12.1 Å². The predicted molar refractivity (Wildman–Crippen MR) is 95.6 cm³/mol. The van der Waals surface area contributed by atoms with Gasteiger partial charge >= 0.3 is 0 Å². The number of nitrogens with one attached hydrogen (secondary N) is 1. The second kappa shape index (κ2) is 7.78. The molecule has 2 aromatic rings. The number of sulfonamides is 1. The first-order valence-corrected chi connectivity index (χ1v) is 9.23. The first kappa shape index (κ1) is 18.4. The molecule has 0 saturated heterocycles. The van der Waals surface area contributed by atoms with E-state index < -0.39 is 10.0 Å². The second-order valence-corrected chi connectivity index (χ2v) is 8.17. The summed E-state index contributed by atoms with van der Waals surface area (Å²) in [7, 11) is -0.547. The number of carbonyl (C=O) groups is 1. The molecule has 0 unspecified atom stereocenters. The van der Waals surface area contributed by atoms with Gasteiger partial charge in [0.15, 0.2) is 6.61 Å². The lowest BCUT2D eigenvalue weighted by Crippen LogP contribution is -2.22. The SMILES string of the molecule is CN(C)S(=O)(=O)c1ccc(OCC(=O)Nc2cccc(Br)c2)cc1. The van der Waals surface area contributed by atoms with Gasteiger partial charge in [-0.2, -0.15) is 0 Å². The lowest BCUT2D eigenvalue weighted by Gasteiger charge is -2.12. The third-order valence-corrected chi connectivity index (χ3v) is 5.40. The molecule has 0 heterocycles. The van der Waals surface area contributed by atoms with Crippen LogP contribution in [0.25, 0.3) is 0 Å². The van der Waals surface area contributed by atoms with E-state index in [-0.39, 0.29) is 17.4 Å². The molecule has 0 fully saturated rings. The van der Waals surface area contributed by atoms with Crippen molar-refractivity contribution in [1.82, 2.24) is 4.31 Å². The van der Waals surface area contributed by atoms with Gasteiger partial charge < -0.3 is 10.1 Å². The molecular weight excluding hydrogens is 396 g/mol. The molecule has 2 aromatic carbocycles. The van der Waals surface area contributed by atoms with E-state index in [1.165, 1.54) is 38.4 Å². The molecule has 0 aliphatic carbocycles. The highest BCUT2D eigenvalue weighted by molar-refractivity contribution is 9.10. The van der Waals surface area contributed by atoms with Crippen molar-refractivity contribution in [2.24, 2.45) is 0 Å². The third kappa shape index (κ3) is 4.80. The highest BCUT2D eigenvalue weighted by Gasteiger charge is 2.16. The second-order valence-electron chi connectivity index (χ2n) is 5.11. The Balaban J connectivity index is 1.94. The number of hydrogen-bond acceptors (Lipinski definition) is 4. The fourth-order valence-corrected chi connectivity index (χ4v) is 3.13. The van der Waals surface area contributed by atoms with Crippen molar-refractivity contribution in [2.45, 2.75) is 4.90 Å². The van der Waals surface area contributed by atoms with Crippen molar-refractivity contribution in [3.05, 3.63) is 53.0 Å². The zero-order valence-electron chi connectivity index (χ0n) is 13.2. The van der Waals surface area contributed by atoms with Gasteiger partial charge in [0.25, 0.3) is 5.91 Å². The molecule has 128 valence electrons. The van der Waals surface area contributed by atoms with E-state index in [0.717, 1.165) is 8.78 Å². The normalized spacial score (nSPS) is 11.3. The highest BCUT2D eigenvalue weighted by atomic mass is 79.9. The topological polar surface area (TPSA) is 75.7 Å². The van der Waals surface area contributed by atoms with Gasteiger partial charge in [-0.25, -0.2) is 12.7 Å². The van der Waals surface area contributed by atoms with Crippen molar-refractivity contribution in [3.63, 3.8) is 0 Å². The average Bonchev–Trinajstić information content (AvgIpc) is 2.53. The minimum absolute atomic E-state index is 0.165. The van der Waals surface area contributed by atoms with Crippen LogP contribution in [-0.4, -0.2) is 39.3 Å². The van der Waals surface area contributed by atoms with Gasteiger partial charge in [-0.1, -0.05) is 22.0 Å². The maximum Gasteiger partial charge on any atom is 0.262 e. The molecule has 0 spiro atoms. The van der Waals surface area contributed by atoms with Gasteiger partial charge in [-0.05, 0) is 42.5 Å². The summed E-state index contributed by atoms with van der Waals surface area (Å²) >= 11 is 3.33. The Morgan fingerprint density at radius 2 is 1.83 bits per heavy atom. The number of nitrogens with zero attached hydrogens (tertiary/aromatic N) is 1. The Bertz CT molecular complexity index is 820. The van der Waals surface area contributed by atoms with E-state index in [1.807, 2.05) is 12.1 Å². The molecule has 0 aliphatic rings. The van der Waals surface area contributed by atoms with Crippen LogP contribution < -0.4 is 10.1 Å². The Labute approximate surface area is 149 Å². The number of rotatable bonds is 6. The number of amides is 1. The van der Waals surface area contributed by atoms with Crippen LogP contribution in [-0.2, 0) is 14.8 Å². The smallest absolute Gasteiger partial charge is 0.262 e. The number of halogens is 1. The summed E-state index contributed by atoms with van der Waals surface area (Å²) in [6.45, 7) is -0.174. The highest BCUT2D eigenvalue weighted by Crippen LogP contribution is 2.18. The van der Waals surface area contributed by atoms with Crippen molar-refractivity contribution >= 4 is 37.5 Å². The van der Waals surface area contributed by atoms with Gasteiger partial charge in [-0.15, -0.1) is 0 Å². The lowest BCUT2D eigenvalue weighted by atomic mass is 10.3. The number of hydrogen-bond donors (Lipinski definition) is 1. The van der Waals surface area contributed by atoms with Crippen LogP contribution in [0.3, 0.4) is 0 Å². The molecule has 0 aromatic heterocycles. The standard InChI is InChI=1S/C16H17BrN2O4S/c1-19(2)24(21,22)15-8-6-14(7-9-15)23-11-16(20)18-13-5-3-4-12(17)10-13/h3-10H,11H2,1-2H3,(H,18,20). The molecule has 0 bridgehead atoms. The zero-order chi connectivity index (χ0) is 17.7. The Morgan fingerprint density at radius 3 is 2.42 bits per heavy atom. The summed E-state index contributed by atoms with van der Waals surface area (Å²) in [5, 5.41) is 2.71. The molecule has 2 rings (SSSR count). The largest absolute Gasteiger partial charge is 0.484 e.